The number of anilines is 2. The predicted octanol–water partition coefficient (Wildman–Crippen LogP) is 4.21. The zero-order valence-electron chi connectivity index (χ0n) is 12.9. The van der Waals surface area contributed by atoms with Gasteiger partial charge in [0.05, 0.1) is 0 Å². The highest BCUT2D eigenvalue weighted by atomic mass is 15.1. The molecule has 2 nitrogen and oxygen atoms in total. The van der Waals surface area contributed by atoms with Crippen molar-refractivity contribution in [2.75, 3.05) is 11.9 Å². The minimum atomic E-state index is 0.191. The summed E-state index contributed by atoms with van der Waals surface area (Å²) in [5, 5.41) is 0. The van der Waals surface area contributed by atoms with Crippen LogP contribution in [0.25, 0.3) is 0 Å². The highest BCUT2D eigenvalue weighted by molar-refractivity contribution is 5.63. The number of nitrogens with two attached hydrogens (primary N) is 1. The summed E-state index contributed by atoms with van der Waals surface area (Å²) >= 11 is 0. The Kier molecular flexibility index (Phi) is 4.15. The Balaban J connectivity index is 2.26. The SMILES string of the molecule is CN(c1ccc(C(C)(C)C)cc1)c1cccc(CN)c1. The van der Waals surface area contributed by atoms with Gasteiger partial charge in [-0.15, -0.1) is 0 Å². The largest absolute Gasteiger partial charge is 0.345 e. The van der Waals surface area contributed by atoms with Crippen LogP contribution in [0.4, 0.5) is 11.4 Å². The van der Waals surface area contributed by atoms with Crippen LogP contribution in [0, 0.1) is 0 Å². The zero-order valence-corrected chi connectivity index (χ0v) is 12.9. The maximum Gasteiger partial charge on any atom is 0.0411 e. The molecule has 0 aliphatic carbocycles. The monoisotopic (exact) mass is 268 g/mol. The van der Waals surface area contributed by atoms with Crippen molar-refractivity contribution in [1.29, 1.82) is 0 Å². The maximum atomic E-state index is 5.71. The van der Waals surface area contributed by atoms with Crippen molar-refractivity contribution in [3.05, 3.63) is 59.7 Å². The number of hydrogen-bond acceptors (Lipinski definition) is 2. The Labute approximate surface area is 122 Å². The van der Waals surface area contributed by atoms with Crippen molar-refractivity contribution >= 4 is 11.4 Å². The van der Waals surface area contributed by atoms with E-state index in [9.17, 15) is 0 Å². The van der Waals surface area contributed by atoms with E-state index in [1.165, 1.54) is 11.3 Å². The third-order valence-electron chi connectivity index (χ3n) is 3.65. The first-order chi connectivity index (χ1) is 9.41. The summed E-state index contributed by atoms with van der Waals surface area (Å²) in [5.41, 5.74) is 10.8. The first-order valence-electron chi connectivity index (χ1n) is 7.05. The predicted molar refractivity (Wildman–Crippen MR) is 87.5 cm³/mol. The van der Waals surface area contributed by atoms with Gasteiger partial charge < -0.3 is 10.6 Å². The van der Waals surface area contributed by atoms with Crippen molar-refractivity contribution in [2.24, 2.45) is 5.73 Å². The Hall–Kier alpha value is -1.80. The third-order valence-corrected chi connectivity index (χ3v) is 3.65. The van der Waals surface area contributed by atoms with E-state index in [1.807, 2.05) is 0 Å². The van der Waals surface area contributed by atoms with E-state index in [0.717, 1.165) is 11.3 Å². The van der Waals surface area contributed by atoms with Gasteiger partial charge in [-0.05, 0) is 40.8 Å². The fourth-order valence-electron chi connectivity index (χ4n) is 2.23. The minimum Gasteiger partial charge on any atom is -0.345 e. The van der Waals surface area contributed by atoms with Gasteiger partial charge in [0.1, 0.15) is 0 Å². The fourth-order valence-corrected chi connectivity index (χ4v) is 2.23. The molecule has 0 aliphatic heterocycles. The summed E-state index contributed by atoms with van der Waals surface area (Å²) in [6, 6.07) is 17.1. The smallest absolute Gasteiger partial charge is 0.0411 e. The number of nitrogens with zero attached hydrogens (tertiary/aromatic N) is 1. The van der Waals surface area contributed by atoms with Gasteiger partial charge in [-0.25, -0.2) is 0 Å². The molecule has 106 valence electrons. The van der Waals surface area contributed by atoms with E-state index in [4.69, 9.17) is 5.73 Å². The molecule has 2 aromatic carbocycles. The van der Waals surface area contributed by atoms with Gasteiger partial charge in [0.2, 0.25) is 0 Å². The maximum absolute atomic E-state index is 5.71. The highest BCUT2D eigenvalue weighted by Crippen LogP contribution is 2.28. The Morgan fingerprint density at radius 1 is 0.950 bits per heavy atom. The molecule has 0 aromatic heterocycles. The number of hydrogen-bond donors (Lipinski definition) is 1. The van der Waals surface area contributed by atoms with E-state index in [0.29, 0.717) is 6.54 Å². The van der Waals surface area contributed by atoms with E-state index < -0.39 is 0 Å². The molecule has 0 unspecified atom stereocenters. The molecule has 2 N–H and O–H groups in total. The molecule has 2 aromatic rings. The number of rotatable bonds is 3. The van der Waals surface area contributed by atoms with Crippen LogP contribution < -0.4 is 10.6 Å². The first-order valence-corrected chi connectivity index (χ1v) is 7.05. The molecule has 0 radical (unpaired) electrons. The average Bonchev–Trinajstić information content (AvgIpc) is 2.46. The quantitative estimate of drug-likeness (QED) is 0.903. The van der Waals surface area contributed by atoms with E-state index in [2.05, 4.69) is 81.2 Å². The normalized spacial score (nSPS) is 11.4. The third kappa shape index (κ3) is 3.20. The Morgan fingerprint density at radius 3 is 2.15 bits per heavy atom. The van der Waals surface area contributed by atoms with E-state index >= 15 is 0 Å². The standard InChI is InChI=1S/C18H24N2/c1-18(2,3)15-8-10-16(11-9-15)20(4)17-7-5-6-14(12-17)13-19/h5-12H,13,19H2,1-4H3. The second-order valence-corrected chi connectivity index (χ2v) is 6.23. The molecule has 20 heavy (non-hydrogen) atoms. The van der Waals surface area contributed by atoms with E-state index in [-0.39, 0.29) is 5.41 Å². The van der Waals surface area contributed by atoms with Crippen LogP contribution in [0.2, 0.25) is 0 Å². The topological polar surface area (TPSA) is 29.3 Å². The lowest BCUT2D eigenvalue weighted by Gasteiger charge is -2.23. The van der Waals surface area contributed by atoms with Gasteiger partial charge in [0.25, 0.3) is 0 Å². The zero-order chi connectivity index (χ0) is 14.8. The second-order valence-electron chi connectivity index (χ2n) is 6.23. The minimum absolute atomic E-state index is 0.191. The molecule has 0 saturated heterocycles. The molecule has 0 saturated carbocycles. The summed E-state index contributed by atoms with van der Waals surface area (Å²) < 4.78 is 0. The lowest BCUT2D eigenvalue weighted by Crippen LogP contribution is -2.13. The van der Waals surface area contributed by atoms with Crippen LogP contribution in [0.1, 0.15) is 31.9 Å². The average molecular weight is 268 g/mol. The van der Waals surface area contributed by atoms with E-state index in [1.54, 1.807) is 0 Å². The molecular formula is C18H24N2. The van der Waals surface area contributed by atoms with Crippen LogP contribution in [-0.2, 0) is 12.0 Å². The van der Waals surface area contributed by atoms with Crippen LogP contribution >= 0.6 is 0 Å². The molecule has 0 spiro atoms. The summed E-state index contributed by atoms with van der Waals surface area (Å²) in [6.07, 6.45) is 0. The number of benzene rings is 2. The summed E-state index contributed by atoms with van der Waals surface area (Å²) in [6.45, 7) is 7.27. The van der Waals surface area contributed by atoms with Gasteiger partial charge in [-0.3, -0.25) is 0 Å². The summed E-state index contributed by atoms with van der Waals surface area (Å²) in [4.78, 5) is 2.19. The van der Waals surface area contributed by atoms with Crippen LogP contribution in [0.5, 0.6) is 0 Å². The lowest BCUT2D eigenvalue weighted by atomic mass is 9.87. The Morgan fingerprint density at radius 2 is 1.60 bits per heavy atom. The van der Waals surface area contributed by atoms with Crippen molar-refractivity contribution < 1.29 is 0 Å². The molecule has 2 heteroatoms. The Bertz CT molecular complexity index is 565. The van der Waals surface area contributed by atoms with Crippen molar-refractivity contribution in [3.8, 4) is 0 Å². The fraction of sp³-hybridized carbons (Fsp3) is 0.333. The second kappa shape index (κ2) is 5.68. The van der Waals surface area contributed by atoms with Crippen LogP contribution in [0.3, 0.4) is 0 Å². The molecule has 0 amide bonds. The van der Waals surface area contributed by atoms with Gasteiger partial charge in [0, 0.05) is 25.0 Å². The van der Waals surface area contributed by atoms with Crippen LogP contribution in [-0.4, -0.2) is 7.05 Å². The summed E-state index contributed by atoms with van der Waals surface area (Å²) in [7, 11) is 2.09. The first kappa shape index (κ1) is 14.6. The summed E-state index contributed by atoms with van der Waals surface area (Å²) in [5.74, 6) is 0. The molecule has 0 aliphatic rings. The molecular weight excluding hydrogens is 244 g/mol. The molecule has 0 bridgehead atoms. The van der Waals surface area contributed by atoms with Gasteiger partial charge in [-0.2, -0.15) is 0 Å². The molecule has 0 atom stereocenters. The molecule has 2 rings (SSSR count). The molecule has 0 fully saturated rings. The van der Waals surface area contributed by atoms with Gasteiger partial charge in [0.15, 0.2) is 0 Å². The molecule has 0 heterocycles. The van der Waals surface area contributed by atoms with Crippen molar-refractivity contribution in [2.45, 2.75) is 32.7 Å². The van der Waals surface area contributed by atoms with Gasteiger partial charge in [-0.1, -0.05) is 45.0 Å². The van der Waals surface area contributed by atoms with Crippen molar-refractivity contribution in [1.82, 2.24) is 0 Å². The lowest BCUT2D eigenvalue weighted by molar-refractivity contribution is 0.590. The van der Waals surface area contributed by atoms with Crippen molar-refractivity contribution in [3.63, 3.8) is 0 Å². The van der Waals surface area contributed by atoms with Gasteiger partial charge >= 0.3 is 0 Å². The highest BCUT2D eigenvalue weighted by Gasteiger charge is 2.13. The van der Waals surface area contributed by atoms with Crippen LogP contribution in [0.15, 0.2) is 48.5 Å².